The maximum atomic E-state index is 13.4. The Morgan fingerprint density at radius 2 is 2.06 bits per heavy atom. The molecule has 3 nitrogen and oxygen atoms in total. The maximum absolute atomic E-state index is 13.4. The molecule has 0 atom stereocenters. The van der Waals surface area contributed by atoms with Gasteiger partial charge in [0, 0.05) is 0 Å². The molecule has 1 aromatic heterocycles. The van der Waals surface area contributed by atoms with Gasteiger partial charge in [0.05, 0.1) is 16.8 Å². The third-order valence-corrected chi connectivity index (χ3v) is 2.69. The van der Waals surface area contributed by atoms with E-state index in [2.05, 4.69) is 4.72 Å². The highest BCUT2D eigenvalue weighted by Gasteiger charge is 2.10. The Morgan fingerprint density at radius 3 is 2.75 bits per heavy atom. The number of hydrogen-bond donors (Lipinski definition) is 2. The number of nitrogen functional groups attached to an aromatic ring is 1. The van der Waals surface area contributed by atoms with Gasteiger partial charge in [-0.1, -0.05) is 0 Å². The van der Waals surface area contributed by atoms with Crippen LogP contribution in [0, 0.1) is 11.6 Å². The summed E-state index contributed by atoms with van der Waals surface area (Å²) in [4.78, 5) is 0.780. The molecule has 84 valence electrons. The number of hydrogen-bond acceptors (Lipinski definition) is 4. The lowest BCUT2D eigenvalue weighted by atomic mass is 10.2. The second-order valence-corrected chi connectivity index (χ2v) is 3.87. The summed E-state index contributed by atoms with van der Waals surface area (Å²) in [6.07, 6.45) is 3.00. The highest BCUT2D eigenvalue weighted by atomic mass is 32.2. The van der Waals surface area contributed by atoms with E-state index in [4.69, 9.17) is 10.2 Å². The molecule has 0 saturated carbocycles. The summed E-state index contributed by atoms with van der Waals surface area (Å²) >= 11 is 1.15. The average molecular weight is 242 g/mol. The van der Waals surface area contributed by atoms with Crippen molar-refractivity contribution < 1.29 is 13.2 Å². The maximum Gasteiger partial charge on any atom is 0.172 e. The van der Waals surface area contributed by atoms with Crippen LogP contribution >= 0.6 is 11.9 Å². The molecular weight excluding hydrogens is 234 g/mol. The molecule has 0 spiro atoms. The SMILES string of the molecule is Nc1c(F)ccc(NSc2ccoc2)c1F. The molecule has 0 aliphatic rings. The number of furan rings is 1. The second-order valence-electron chi connectivity index (χ2n) is 2.99. The van der Waals surface area contributed by atoms with E-state index in [1.54, 1.807) is 6.07 Å². The van der Waals surface area contributed by atoms with Crippen molar-refractivity contribution in [3.8, 4) is 0 Å². The fourth-order valence-corrected chi connectivity index (χ4v) is 1.68. The van der Waals surface area contributed by atoms with Crippen molar-refractivity contribution in [1.82, 2.24) is 0 Å². The lowest BCUT2D eigenvalue weighted by molar-refractivity contribution is 0.562. The van der Waals surface area contributed by atoms with E-state index in [0.717, 1.165) is 22.9 Å². The molecule has 0 fully saturated rings. The summed E-state index contributed by atoms with van der Waals surface area (Å²) in [5, 5.41) is 0. The quantitative estimate of drug-likeness (QED) is 0.640. The predicted molar refractivity (Wildman–Crippen MR) is 59.0 cm³/mol. The number of halogens is 2. The molecule has 0 radical (unpaired) electrons. The topological polar surface area (TPSA) is 51.2 Å². The van der Waals surface area contributed by atoms with Crippen LogP contribution in [0.3, 0.4) is 0 Å². The molecule has 0 unspecified atom stereocenters. The van der Waals surface area contributed by atoms with Gasteiger partial charge in [0.15, 0.2) is 5.82 Å². The smallest absolute Gasteiger partial charge is 0.172 e. The van der Waals surface area contributed by atoms with Crippen molar-refractivity contribution in [2.24, 2.45) is 0 Å². The van der Waals surface area contributed by atoms with Gasteiger partial charge in [0.2, 0.25) is 0 Å². The minimum atomic E-state index is -0.795. The predicted octanol–water partition coefficient (Wildman–Crippen LogP) is 3.26. The summed E-state index contributed by atoms with van der Waals surface area (Å²) in [6, 6.07) is 4.10. The first-order valence-electron chi connectivity index (χ1n) is 4.37. The molecule has 0 amide bonds. The van der Waals surface area contributed by atoms with Crippen LogP contribution < -0.4 is 10.5 Å². The Bertz CT molecular complexity index is 488. The lowest BCUT2D eigenvalue weighted by Gasteiger charge is -2.07. The highest BCUT2D eigenvalue weighted by Crippen LogP contribution is 2.27. The minimum absolute atomic E-state index is 0.130. The second kappa shape index (κ2) is 4.44. The van der Waals surface area contributed by atoms with E-state index in [-0.39, 0.29) is 5.69 Å². The van der Waals surface area contributed by atoms with E-state index in [9.17, 15) is 8.78 Å². The fourth-order valence-electron chi connectivity index (χ4n) is 1.07. The molecular formula is C10H8F2N2OS. The van der Waals surface area contributed by atoms with E-state index >= 15 is 0 Å². The van der Waals surface area contributed by atoms with E-state index < -0.39 is 17.3 Å². The molecule has 2 aromatic rings. The van der Waals surface area contributed by atoms with Crippen LogP contribution in [0.4, 0.5) is 20.2 Å². The van der Waals surface area contributed by atoms with Crippen molar-refractivity contribution >= 4 is 23.3 Å². The zero-order chi connectivity index (χ0) is 11.5. The molecule has 3 N–H and O–H groups in total. The summed E-state index contributed by atoms with van der Waals surface area (Å²) in [7, 11) is 0. The Hall–Kier alpha value is -1.69. The van der Waals surface area contributed by atoms with Crippen molar-refractivity contribution in [2.45, 2.75) is 4.90 Å². The van der Waals surface area contributed by atoms with Crippen LogP contribution in [0.2, 0.25) is 0 Å². The van der Waals surface area contributed by atoms with Crippen LogP contribution in [0.25, 0.3) is 0 Å². The number of benzene rings is 1. The van der Waals surface area contributed by atoms with Gasteiger partial charge in [-0.15, -0.1) is 0 Å². The van der Waals surface area contributed by atoms with E-state index in [0.29, 0.717) is 0 Å². The van der Waals surface area contributed by atoms with Gasteiger partial charge >= 0.3 is 0 Å². The normalized spacial score (nSPS) is 10.4. The monoisotopic (exact) mass is 242 g/mol. The Morgan fingerprint density at radius 1 is 1.25 bits per heavy atom. The zero-order valence-corrected chi connectivity index (χ0v) is 8.85. The van der Waals surface area contributed by atoms with Crippen LogP contribution in [0.15, 0.2) is 40.0 Å². The van der Waals surface area contributed by atoms with Crippen LogP contribution in [0.1, 0.15) is 0 Å². The highest BCUT2D eigenvalue weighted by molar-refractivity contribution is 8.00. The van der Waals surface area contributed by atoms with Crippen molar-refractivity contribution in [3.63, 3.8) is 0 Å². The first-order chi connectivity index (χ1) is 7.68. The van der Waals surface area contributed by atoms with Crippen molar-refractivity contribution in [1.29, 1.82) is 0 Å². The fraction of sp³-hybridized carbons (Fsp3) is 0. The molecule has 1 aromatic carbocycles. The zero-order valence-electron chi connectivity index (χ0n) is 8.04. The van der Waals surface area contributed by atoms with Gasteiger partial charge in [0.1, 0.15) is 17.8 Å². The molecule has 16 heavy (non-hydrogen) atoms. The molecule has 0 saturated heterocycles. The van der Waals surface area contributed by atoms with Gasteiger partial charge in [-0.3, -0.25) is 0 Å². The first-order valence-corrected chi connectivity index (χ1v) is 5.18. The Balaban J connectivity index is 2.13. The van der Waals surface area contributed by atoms with Crippen molar-refractivity contribution in [3.05, 3.63) is 42.4 Å². The van der Waals surface area contributed by atoms with Gasteiger partial charge in [0.25, 0.3) is 0 Å². The van der Waals surface area contributed by atoms with Crippen LogP contribution in [-0.4, -0.2) is 0 Å². The Kier molecular flexibility index (Phi) is 3.00. The average Bonchev–Trinajstić information content (AvgIpc) is 2.78. The van der Waals surface area contributed by atoms with Crippen LogP contribution in [0.5, 0.6) is 0 Å². The van der Waals surface area contributed by atoms with Crippen LogP contribution in [-0.2, 0) is 0 Å². The molecule has 6 heteroatoms. The van der Waals surface area contributed by atoms with Crippen molar-refractivity contribution in [2.75, 3.05) is 10.5 Å². The molecule has 0 aliphatic heterocycles. The van der Waals surface area contributed by atoms with E-state index in [1.165, 1.54) is 18.6 Å². The van der Waals surface area contributed by atoms with Gasteiger partial charge in [-0.05, 0) is 30.1 Å². The number of anilines is 2. The minimum Gasteiger partial charge on any atom is -0.471 e. The van der Waals surface area contributed by atoms with Gasteiger partial charge in [-0.2, -0.15) is 0 Å². The number of rotatable bonds is 3. The summed E-state index contributed by atoms with van der Waals surface area (Å²) in [5.74, 6) is -1.56. The molecule has 2 rings (SSSR count). The number of nitrogens with two attached hydrogens (primary N) is 1. The largest absolute Gasteiger partial charge is 0.471 e. The van der Waals surface area contributed by atoms with Gasteiger partial charge in [-0.25, -0.2) is 8.78 Å². The lowest BCUT2D eigenvalue weighted by Crippen LogP contribution is -1.99. The molecule has 0 aliphatic carbocycles. The number of nitrogens with one attached hydrogen (secondary N) is 1. The summed E-state index contributed by atoms with van der Waals surface area (Å²) < 4.78 is 33.8. The van der Waals surface area contributed by atoms with Gasteiger partial charge < -0.3 is 14.9 Å². The summed E-state index contributed by atoms with van der Waals surface area (Å²) in [5.41, 5.74) is 4.86. The molecule has 0 bridgehead atoms. The summed E-state index contributed by atoms with van der Waals surface area (Å²) in [6.45, 7) is 0. The standard InChI is InChI=1S/C10H8F2N2OS/c11-7-1-2-8(9(12)10(7)13)14-16-6-3-4-15-5-6/h1-5,14H,13H2. The first kappa shape index (κ1) is 10.8. The third-order valence-electron chi connectivity index (χ3n) is 1.90. The van der Waals surface area contributed by atoms with E-state index in [1.807, 2.05) is 0 Å². The third kappa shape index (κ3) is 2.11. The molecule has 1 heterocycles. The Labute approximate surface area is 94.8 Å².